The first-order chi connectivity index (χ1) is 11.2. The van der Waals surface area contributed by atoms with Crippen LogP contribution in [0.3, 0.4) is 0 Å². The molecule has 3 fully saturated rings. The number of nitrogens with zero attached hydrogens (tertiary/aromatic N) is 1. The van der Waals surface area contributed by atoms with Crippen molar-refractivity contribution in [2.24, 2.45) is 11.8 Å². The van der Waals surface area contributed by atoms with Gasteiger partial charge in [0.2, 0.25) is 11.8 Å². The van der Waals surface area contributed by atoms with Gasteiger partial charge in [0, 0.05) is 19.6 Å². The summed E-state index contributed by atoms with van der Waals surface area (Å²) >= 11 is 0. The number of likely N-dealkylation sites (tertiary alicyclic amines) is 1. The van der Waals surface area contributed by atoms with E-state index in [1.807, 2.05) is 4.90 Å². The third-order valence-electron chi connectivity index (χ3n) is 5.09. The molecule has 1 aliphatic carbocycles. The van der Waals surface area contributed by atoms with Gasteiger partial charge in [0.25, 0.3) is 0 Å². The number of hydrogen-bond acceptors (Lipinski definition) is 4. The smallest absolute Gasteiger partial charge is 0.248 e. The lowest BCUT2D eigenvalue weighted by molar-refractivity contribution is -0.138. The second kappa shape index (κ2) is 9.59. The van der Waals surface area contributed by atoms with Crippen molar-refractivity contribution in [3.8, 4) is 0 Å². The van der Waals surface area contributed by atoms with Crippen LogP contribution >= 0.6 is 12.4 Å². The first-order valence-corrected chi connectivity index (χ1v) is 9.09. The summed E-state index contributed by atoms with van der Waals surface area (Å²) in [6, 6.07) is -0.0212. The van der Waals surface area contributed by atoms with Gasteiger partial charge in [-0.1, -0.05) is 0 Å². The highest BCUT2D eigenvalue weighted by Crippen LogP contribution is 2.28. The van der Waals surface area contributed by atoms with Crippen molar-refractivity contribution < 1.29 is 14.3 Å². The summed E-state index contributed by atoms with van der Waals surface area (Å²) < 4.78 is 5.50. The van der Waals surface area contributed by atoms with Gasteiger partial charge in [0.05, 0.1) is 12.6 Å². The van der Waals surface area contributed by atoms with Crippen LogP contribution in [0.25, 0.3) is 0 Å². The largest absolute Gasteiger partial charge is 0.371 e. The number of carbonyl (C=O) groups is 2. The quantitative estimate of drug-likeness (QED) is 0.709. The molecule has 0 aromatic carbocycles. The van der Waals surface area contributed by atoms with Crippen molar-refractivity contribution >= 4 is 24.2 Å². The Kier molecular flexibility index (Phi) is 7.78. The van der Waals surface area contributed by atoms with E-state index >= 15 is 0 Å². The van der Waals surface area contributed by atoms with E-state index in [1.165, 1.54) is 12.8 Å². The summed E-state index contributed by atoms with van der Waals surface area (Å²) in [5.74, 6) is 1.26. The summed E-state index contributed by atoms with van der Waals surface area (Å²) in [6.07, 6.45) is 6.58. The van der Waals surface area contributed by atoms with Crippen LogP contribution in [0.4, 0.5) is 0 Å². The maximum Gasteiger partial charge on any atom is 0.248 e. The van der Waals surface area contributed by atoms with E-state index in [4.69, 9.17) is 4.74 Å². The monoisotopic (exact) mass is 359 g/mol. The Labute approximate surface area is 150 Å². The summed E-state index contributed by atoms with van der Waals surface area (Å²) in [4.78, 5) is 26.1. The van der Waals surface area contributed by atoms with Gasteiger partial charge >= 0.3 is 0 Å². The molecule has 2 amide bonds. The van der Waals surface area contributed by atoms with Crippen molar-refractivity contribution in [3.05, 3.63) is 0 Å². The van der Waals surface area contributed by atoms with E-state index in [1.54, 1.807) is 0 Å². The molecule has 0 bridgehead atoms. The van der Waals surface area contributed by atoms with Gasteiger partial charge in [-0.25, -0.2) is 0 Å². The molecule has 2 aliphatic heterocycles. The molecule has 2 unspecified atom stereocenters. The van der Waals surface area contributed by atoms with Gasteiger partial charge in [-0.3, -0.25) is 9.59 Å². The lowest BCUT2D eigenvalue weighted by Crippen LogP contribution is -2.47. The topological polar surface area (TPSA) is 70.7 Å². The number of hydrogen-bond donors (Lipinski definition) is 2. The molecule has 2 heterocycles. The fraction of sp³-hybridized carbons (Fsp3) is 0.882. The van der Waals surface area contributed by atoms with Gasteiger partial charge in [0.15, 0.2) is 0 Å². The molecule has 0 spiro atoms. The first-order valence-electron chi connectivity index (χ1n) is 9.09. The average Bonchev–Trinajstić information content (AvgIpc) is 3.23. The summed E-state index contributed by atoms with van der Waals surface area (Å²) in [7, 11) is 0. The minimum Gasteiger partial charge on any atom is -0.371 e. The zero-order chi connectivity index (χ0) is 16.1. The number of amides is 2. The zero-order valence-electron chi connectivity index (χ0n) is 14.3. The van der Waals surface area contributed by atoms with E-state index < -0.39 is 0 Å². The van der Waals surface area contributed by atoms with Crippen LogP contribution in [0, 0.1) is 11.8 Å². The lowest BCUT2D eigenvalue weighted by atomic mass is 9.97. The molecule has 0 aromatic heterocycles. The van der Waals surface area contributed by atoms with Gasteiger partial charge in [-0.05, 0) is 56.9 Å². The highest BCUT2D eigenvalue weighted by Gasteiger charge is 2.27. The van der Waals surface area contributed by atoms with E-state index in [9.17, 15) is 9.59 Å². The molecule has 2 saturated heterocycles. The number of rotatable bonds is 7. The molecule has 3 aliphatic rings. The normalized spacial score (nSPS) is 26.8. The van der Waals surface area contributed by atoms with Crippen LogP contribution in [-0.2, 0) is 14.3 Å². The molecule has 2 N–H and O–H groups in total. The molecule has 2 atom stereocenters. The van der Waals surface area contributed by atoms with Crippen LogP contribution in [-0.4, -0.2) is 62.1 Å². The molecule has 7 heteroatoms. The number of nitrogens with one attached hydrogen (secondary N) is 2. The number of carbonyl (C=O) groups excluding carboxylic acids is 2. The fourth-order valence-electron chi connectivity index (χ4n) is 3.42. The summed E-state index contributed by atoms with van der Waals surface area (Å²) in [5, 5.41) is 6.26. The van der Waals surface area contributed by atoms with Gasteiger partial charge < -0.3 is 20.3 Å². The van der Waals surface area contributed by atoms with E-state index in [0.717, 1.165) is 51.9 Å². The summed E-state index contributed by atoms with van der Waals surface area (Å²) in [6.45, 7) is 4.10. The van der Waals surface area contributed by atoms with Crippen molar-refractivity contribution in [1.29, 1.82) is 0 Å². The lowest BCUT2D eigenvalue weighted by Gasteiger charge is -2.33. The molecule has 0 aromatic rings. The molecule has 0 radical (unpaired) electrons. The first kappa shape index (κ1) is 19.5. The highest BCUT2D eigenvalue weighted by molar-refractivity contribution is 5.85. The second-order valence-electron chi connectivity index (χ2n) is 7.20. The minimum absolute atomic E-state index is 0. The predicted molar refractivity (Wildman–Crippen MR) is 94.1 cm³/mol. The zero-order valence-corrected chi connectivity index (χ0v) is 15.1. The van der Waals surface area contributed by atoms with Gasteiger partial charge in [0.1, 0.15) is 6.61 Å². The van der Waals surface area contributed by atoms with Crippen LogP contribution in [0.2, 0.25) is 0 Å². The van der Waals surface area contributed by atoms with Crippen molar-refractivity contribution in [2.45, 2.75) is 44.6 Å². The Bertz CT molecular complexity index is 425. The SMILES string of the molecule is Cl.O=C(NCC1CCCN(C(=O)COCC2CC2)C1)C1CCCN1. The van der Waals surface area contributed by atoms with Crippen LogP contribution in [0.15, 0.2) is 0 Å². The van der Waals surface area contributed by atoms with Crippen LogP contribution < -0.4 is 10.6 Å². The van der Waals surface area contributed by atoms with Crippen molar-refractivity contribution in [2.75, 3.05) is 39.4 Å². The van der Waals surface area contributed by atoms with Gasteiger partial charge in [-0.15, -0.1) is 12.4 Å². The molecule has 6 nitrogen and oxygen atoms in total. The Hall–Kier alpha value is -0.850. The van der Waals surface area contributed by atoms with Crippen LogP contribution in [0.5, 0.6) is 0 Å². The average molecular weight is 360 g/mol. The van der Waals surface area contributed by atoms with Crippen molar-refractivity contribution in [1.82, 2.24) is 15.5 Å². The third kappa shape index (κ3) is 5.90. The van der Waals surface area contributed by atoms with E-state index in [0.29, 0.717) is 18.4 Å². The molecule has 1 saturated carbocycles. The number of ether oxygens (including phenoxy) is 1. The third-order valence-corrected chi connectivity index (χ3v) is 5.09. The molecular formula is C17H30ClN3O3. The molecule has 138 valence electrons. The number of piperidine rings is 1. The number of halogens is 1. The Balaban J connectivity index is 0.00000208. The molecule has 3 rings (SSSR count). The van der Waals surface area contributed by atoms with E-state index in [2.05, 4.69) is 10.6 Å². The molecule has 24 heavy (non-hydrogen) atoms. The van der Waals surface area contributed by atoms with Crippen molar-refractivity contribution in [3.63, 3.8) is 0 Å². The fourth-order valence-corrected chi connectivity index (χ4v) is 3.42. The van der Waals surface area contributed by atoms with Gasteiger partial charge in [-0.2, -0.15) is 0 Å². The Morgan fingerprint density at radius 2 is 1.96 bits per heavy atom. The van der Waals surface area contributed by atoms with E-state index in [-0.39, 0.29) is 36.9 Å². The highest BCUT2D eigenvalue weighted by atomic mass is 35.5. The Morgan fingerprint density at radius 1 is 1.12 bits per heavy atom. The molecular weight excluding hydrogens is 330 g/mol. The van der Waals surface area contributed by atoms with Crippen LogP contribution in [0.1, 0.15) is 38.5 Å². The Morgan fingerprint density at radius 3 is 2.67 bits per heavy atom. The maximum atomic E-state index is 12.2. The second-order valence-corrected chi connectivity index (χ2v) is 7.20. The standard InChI is InChI=1S/C17H29N3O3.ClH/c21-16(12-23-11-13-5-6-13)20-8-2-3-14(10-20)9-19-17(22)15-4-1-7-18-15;/h13-15,18H,1-12H2,(H,19,22);1H. The summed E-state index contributed by atoms with van der Waals surface area (Å²) in [5.41, 5.74) is 0. The predicted octanol–water partition coefficient (Wildman–Crippen LogP) is 0.942. The minimum atomic E-state index is -0.0212. The maximum absolute atomic E-state index is 12.2.